The number of fused-ring (bicyclic) bond motifs is 6. The van der Waals surface area contributed by atoms with E-state index >= 15 is 0 Å². The second-order valence-electron chi connectivity index (χ2n) is 9.26. The van der Waals surface area contributed by atoms with Crippen LogP contribution in [0.3, 0.4) is 0 Å². The van der Waals surface area contributed by atoms with Gasteiger partial charge in [0.05, 0.1) is 18.3 Å². The van der Waals surface area contributed by atoms with E-state index in [0.29, 0.717) is 16.9 Å². The summed E-state index contributed by atoms with van der Waals surface area (Å²) in [5.74, 6) is 1.53. The van der Waals surface area contributed by atoms with Crippen LogP contribution in [-0.4, -0.2) is 25.4 Å². The molecule has 1 saturated heterocycles. The van der Waals surface area contributed by atoms with Gasteiger partial charge in [-0.2, -0.15) is 0 Å². The summed E-state index contributed by atoms with van der Waals surface area (Å²) < 4.78 is 11.7. The van der Waals surface area contributed by atoms with Crippen LogP contribution in [-0.2, 0) is 9.47 Å². The quantitative estimate of drug-likeness (QED) is 0.657. The summed E-state index contributed by atoms with van der Waals surface area (Å²) in [6.07, 6.45) is 14.4. The lowest BCUT2D eigenvalue weighted by Gasteiger charge is -2.54. The predicted molar refractivity (Wildman–Crippen MR) is 91.2 cm³/mol. The lowest BCUT2D eigenvalue weighted by atomic mass is 9.50. The van der Waals surface area contributed by atoms with Gasteiger partial charge in [0, 0.05) is 12.5 Å². The zero-order valence-electron chi connectivity index (χ0n) is 14.9. The summed E-state index contributed by atoms with van der Waals surface area (Å²) in [6, 6.07) is 0. The number of epoxide rings is 1. The monoisotopic (exact) mass is 314 g/mol. The Kier molecular flexibility index (Phi) is 2.89. The van der Waals surface area contributed by atoms with Gasteiger partial charge in [-0.05, 0) is 62.2 Å². The molecule has 3 saturated carbocycles. The van der Waals surface area contributed by atoms with Gasteiger partial charge in [0.1, 0.15) is 0 Å². The van der Waals surface area contributed by atoms with Gasteiger partial charge in [-0.25, -0.2) is 0 Å². The first-order chi connectivity index (χ1) is 11.0. The van der Waals surface area contributed by atoms with Gasteiger partial charge < -0.3 is 9.47 Å². The van der Waals surface area contributed by atoms with Crippen LogP contribution >= 0.6 is 0 Å². The van der Waals surface area contributed by atoms with E-state index in [9.17, 15) is 0 Å². The van der Waals surface area contributed by atoms with E-state index in [4.69, 9.17) is 9.47 Å². The highest BCUT2D eigenvalue weighted by Gasteiger charge is 2.68. The molecule has 1 aliphatic heterocycles. The van der Waals surface area contributed by atoms with Crippen LogP contribution < -0.4 is 0 Å². The largest absolute Gasteiger partial charge is 0.381 e. The Labute approximate surface area is 140 Å². The second kappa shape index (κ2) is 4.52. The third-order valence-corrected chi connectivity index (χ3v) is 8.64. The average Bonchev–Trinajstić information content (AvgIpc) is 3.28. The molecule has 0 aromatic heterocycles. The summed E-state index contributed by atoms with van der Waals surface area (Å²) in [5, 5.41) is 0. The van der Waals surface area contributed by atoms with E-state index in [2.05, 4.69) is 26.0 Å². The summed E-state index contributed by atoms with van der Waals surface area (Å²) in [7, 11) is 1.87. The van der Waals surface area contributed by atoms with Crippen molar-refractivity contribution < 1.29 is 9.47 Å². The molecule has 5 rings (SSSR count). The molecule has 6 atom stereocenters. The third-order valence-electron chi connectivity index (χ3n) is 8.64. The SMILES string of the molecule is COC1CCC2(C)C(=CC=C3C2CCC2(C)C3CCC23CO3)C1. The first kappa shape index (κ1) is 14.7. The van der Waals surface area contributed by atoms with Gasteiger partial charge in [-0.1, -0.05) is 37.1 Å². The minimum atomic E-state index is 0.252. The van der Waals surface area contributed by atoms with Gasteiger partial charge in [-0.15, -0.1) is 0 Å². The van der Waals surface area contributed by atoms with Gasteiger partial charge in [-0.3, -0.25) is 0 Å². The van der Waals surface area contributed by atoms with E-state index < -0.39 is 0 Å². The van der Waals surface area contributed by atoms with Crippen molar-refractivity contribution in [2.75, 3.05) is 13.7 Å². The van der Waals surface area contributed by atoms with Crippen LogP contribution in [0.5, 0.6) is 0 Å². The molecule has 0 radical (unpaired) electrons. The van der Waals surface area contributed by atoms with Crippen molar-refractivity contribution in [1.82, 2.24) is 0 Å². The second-order valence-corrected chi connectivity index (χ2v) is 9.26. The first-order valence-corrected chi connectivity index (χ1v) is 9.60. The smallest absolute Gasteiger partial charge is 0.0975 e. The lowest BCUT2D eigenvalue weighted by molar-refractivity contribution is 0.0205. The molecule has 4 fully saturated rings. The Bertz CT molecular complexity index is 599. The van der Waals surface area contributed by atoms with Crippen molar-refractivity contribution in [3.05, 3.63) is 23.3 Å². The highest BCUT2D eigenvalue weighted by atomic mass is 16.6. The molecular weight excluding hydrogens is 284 g/mol. The van der Waals surface area contributed by atoms with E-state index in [1.807, 2.05) is 7.11 Å². The van der Waals surface area contributed by atoms with Crippen LogP contribution in [0.4, 0.5) is 0 Å². The molecule has 0 bridgehead atoms. The minimum Gasteiger partial charge on any atom is -0.381 e. The molecule has 1 spiro atoms. The molecule has 5 aliphatic rings. The number of hydrogen-bond acceptors (Lipinski definition) is 2. The molecule has 23 heavy (non-hydrogen) atoms. The normalized spacial score (nSPS) is 54.0. The standard InChI is InChI=1S/C21H30O2/c1-19-9-6-15(22-3)12-14(19)4-5-16-17(19)7-10-20(2)18(16)8-11-21(20)13-23-21/h4-5,15,17-18H,6-13H2,1-3H3. The zero-order chi connectivity index (χ0) is 15.9. The zero-order valence-corrected chi connectivity index (χ0v) is 14.9. The van der Waals surface area contributed by atoms with Crippen LogP contribution in [0.25, 0.3) is 0 Å². The van der Waals surface area contributed by atoms with Crippen LogP contribution in [0.1, 0.15) is 58.8 Å². The van der Waals surface area contributed by atoms with Crippen molar-refractivity contribution in [3.63, 3.8) is 0 Å². The molecule has 2 heteroatoms. The summed E-state index contributed by atoms with van der Waals surface area (Å²) in [4.78, 5) is 0. The molecule has 0 amide bonds. The van der Waals surface area contributed by atoms with Crippen molar-refractivity contribution >= 4 is 0 Å². The number of hydrogen-bond donors (Lipinski definition) is 0. The van der Waals surface area contributed by atoms with Crippen molar-refractivity contribution in [1.29, 1.82) is 0 Å². The number of rotatable bonds is 1. The van der Waals surface area contributed by atoms with Crippen molar-refractivity contribution in [2.24, 2.45) is 22.7 Å². The third kappa shape index (κ3) is 1.72. The van der Waals surface area contributed by atoms with Gasteiger partial charge >= 0.3 is 0 Å². The van der Waals surface area contributed by atoms with Gasteiger partial charge in [0.2, 0.25) is 0 Å². The van der Waals surface area contributed by atoms with Crippen molar-refractivity contribution in [2.45, 2.75) is 70.5 Å². The Morgan fingerprint density at radius 2 is 1.83 bits per heavy atom. The molecule has 0 aromatic carbocycles. The summed E-state index contributed by atoms with van der Waals surface area (Å²) >= 11 is 0. The Hall–Kier alpha value is -0.600. The number of ether oxygens (including phenoxy) is 2. The molecule has 126 valence electrons. The Balaban J connectivity index is 1.53. The van der Waals surface area contributed by atoms with Crippen molar-refractivity contribution in [3.8, 4) is 0 Å². The maximum atomic E-state index is 6.01. The Morgan fingerprint density at radius 1 is 1.04 bits per heavy atom. The predicted octanol–water partition coefficient (Wildman–Crippen LogP) is 4.65. The van der Waals surface area contributed by atoms with Gasteiger partial charge in [0.15, 0.2) is 0 Å². The van der Waals surface area contributed by atoms with Gasteiger partial charge in [0.25, 0.3) is 0 Å². The topological polar surface area (TPSA) is 21.8 Å². The molecule has 2 nitrogen and oxygen atoms in total. The summed E-state index contributed by atoms with van der Waals surface area (Å²) in [6.45, 7) is 6.09. The fraction of sp³-hybridized carbons (Fsp3) is 0.810. The highest BCUT2D eigenvalue weighted by molar-refractivity contribution is 5.40. The van der Waals surface area contributed by atoms with E-state index in [-0.39, 0.29) is 5.60 Å². The first-order valence-electron chi connectivity index (χ1n) is 9.60. The number of methoxy groups -OCH3 is 1. The maximum absolute atomic E-state index is 6.01. The molecule has 6 unspecified atom stereocenters. The maximum Gasteiger partial charge on any atom is 0.0975 e. The molecular formula is C21H30O2. The van der Waals surface area contributed by atoms with Crippen LogP contribution in [0, 0.1) is 22.7 Å². The Morgan fingerprint density at radius 3 is 2.57 bits per heavy atom. The average molecular weight is 314 g/mol. The van der Waals surface area contributed by atoms with E-state index in [1.54, 1.807) is 11.1 Å². The molecule has 4 aliphatic carbocycles. The van der Waals surface area contributed by atoms with E-state index in [0.717, 1.165) is 24.9 Å². The minimum absolute atomic E-state index is 0.252. The fourth-order valence-electron chi connectivity index (χ4n) is 6.83. The number of allylic oxidation sites excluding steroid dienone is 3. The fourth-order valence-corrected chi connectivity index (χ4v) is 6.83. The van der Waals surface area contributed by atoms with Crippen LogP contribution in [0.15, 0.2) is 23.3 Å². The van der Waals surface area contributed by atoms with E-state index in [1.165, 1.54) is 38.5 Å². The highest BCUT2D eigenvalue weighted by Crippen LogP contribution is 2.69. The molecule has 0 N–H and O–H groups in total. The summed E-state index contributed by atoms with van der Waals surface area (Å²) in [5.41, 5.74) is 4.47. The lowest BCUT2D eigenvalue weighted by Crippen LogP contribution is -2.47. The molecule has 1 heterocycles. The molecule has 0 aromatic rings. The van der Waals surface area contributed by atoms with Crippen LogP contribution in [0.2, 0.25) is 0 Å².